The second-order valence-electron chi connectivity index (χ2n) is 8.43. The molecule has 0 unspecified atom stereocenters. The highest BCUT2D eigenvalue weighted by Gasteiger charge is 2.19. The van der Waals surface area contributed by atoms with E-state index < -0.39 is 6.55 Å². The molecule has 166 valence electrons. The first kappa shape index (κ1) is 20.6. The minimum Gasteiger partial charge on any atom is -0.369 e. The van der Waals surface area contributed by atoms with E-state index in [0.717, 1.165) is 48.4 Å². The molecule has 1 aliphatic rings. The summed E-state index contributed by atoms with van der Waals surface area (Å²) in [6.07, 6.45) is 4.53. The normalized spacial score (nSPS) is 15.2. The zero-order chi connectivity index (χ0) is 22.4. The fourth-order valence-corrected chi connectivity index (χ4v) is 4.52. The van der Waals surface area contributed by atoms with Gasteiger partial charge in [0.25, 0.3) is 0 Å². The molecule has 1 aromatic carbocycles. The second-order valence-corrected chi connectivity index (χ2v) is 8.43. The number of alkyl halides is 2. The monoisotopic (exact) mass is 437 g/mol. The van der Waals surface area contributed by atoms with Crippen LogP contribution in [0.3, 0.4) is 0 Å². The average molecular weight is 437 g/mol. The molecule has 4 heterocycles. The van der Waals surface area contributed by atoms with E-state index in [1.54, 1.807) is 6.20 Å². The zero-order valence-electron chi connectivity index (χ0n) is 18.3. The Hall–Kier alpha value is -3.33. The summed E-state index contributed by atoms with van der Waals surface area (Å²) in [5.74, 6) is 0. The van der Waals surface area contributed by atoms with E-state index in [9.17, 15) is 8.78 Å². The lowest BCUT2D eigenvalue weighted by Crippen LogP contribution is -2.45. The number of nitrogens with one attached hydrogen (secondary N) is 1. The van der Waals surface area contributed by atoms with Crippen LogP contribution in [0.25, 0.3) is 33.4 Å². The van der Waals surface area contributed by atoms with Gasteiger partial charge in [-0.1, -0.05) is 0 Å². The Morgan fingerprint density at radius 2 is 1.69 bits per heavy atom. The van der Waals surface area contributed by atoms with E-state index in [1.165, 1.54) is 29.2 Å². The van der Waals surface area contributed by atoms with Crippen LogP contribution in [0.15, 0.2) is 36.8 Å². The summed E-state index contributed by atoms with van der Waals surface area (Å²) >= 11 is 0. The van der Waals surface area contributed by atoms with Crippen molar-refractivity contribution in [2.75, 3.05) is 38.1 Å². The number of hydrogen-bond acceptors (Lipinski definition) is 5. The lowest BCUT2D eigenvalue weighted by molar-refractivity contribution is 0.0566. The minimum atomic E-state index is -2.67. The van der Waals surface area contributed by atoms with Crippen LogP contribution in [-0.2, 0) is 0 Å². The van der Waals surface area contributed by atoms with E-state index >= 15 is 0 Å². The van der Waals surface area contributed by atoms with Gasteiger partial charge >= 0.3 is 6.55 Å². The maximum atomic E-state index is 12.9. The Morgan fingerprint density at radius 1 is 0.969 bits per heavy atom. The lowest BCUT2D eigenvalue weighted by Gasteiger charge is -2.36. The van der Waals surface area contributed by atoms with Crippen molar-refractivity contribution in [2.24, 2.45) is 0 Å². The number of likely N-dealkylation sites (N-methyl/N-ethyl adjacent to an activating group) is 1. The summed E-state index contributed by atoms with van der Waals surface area (Å²) < 4.78 is 26.5. The molecule has 0 amide bonds. The predicted octanol–water partition coefficient (Wildman–Crippen LogP) is 4.25. The third-order valence-corrected chi connectivity index (χ3v) is 6.16. The molecule has 4 aromatic rings. The SMILES string of the molecule is Cc1cc(-c2cc3c(-c4cnn(C(F)F)c4)c[nH]c3nn2)cc(C)c1N1CCN(C)CC1. The van der Waals surface area contributed by atoms with Crippen LogP contribution in [-0.4, -0.2) is 63.1 Å². The van der Waals surface area contributed by atoms with Crippen LogP contribution in [0, 0.1) is 13.8 Å². The van der Waals surface area contributed by atoms with Crippen molar-refractivity contribution in [3.8, 4) is 22.4 Å². The summed E-state index contributed by atoms with van der Waals surface area (Å²) in [6.45, 7) is 5.74. The molecule has 0 saturated carbocycles. The van der Waals surface area contributed by atoms with Crippen LogP contribution in [0.5, 0.6) is 0 Å². The number of H-pyrrole nitrogens is 1. The second kappa shape index (κ2) is 7.98. The van der Waals surface area contributed by atoms with Gasteiger partial charge in [0.15, 0.2) is 5.65 Å². The van der Waals surface area contributed by atoms with Crippen molar-refractivity contribution >= 4 is 16.7 Å². The highest BCUT2D eigenvalue weighted by molar-refractivity contribution is 5.95. The van der Waals surface area contributed by atoms with Gasteiger partial charge in [0.1, 0.15) is 0 Å². The van der Waals surface area contributed by atoms with Crippen molar-refractivity contribution < 1.29 is 8.78 Å². The van der Waals surface area contributed by atoms with Gasteiger partial charge in [-0.2, -0.15) is 13.9 Å². The zero-order valence-corrected chi connectivity index (χ0v) is 18.3. The minimum absolute atomic E-state index is 0.605. The van der Waals surface area contributed by atoms with Crippen LogP contribution in [0.1, 0.15) is 17.7 Å². The van der Waals surface area contributed by atoms with Crippen molar-refractivity contribution in [1.82, 2.24) is 29.9 Å². The molecule has 1 fully saturated rings. The van der Waals surface area contributed by atoms with Crippen LogP contribution in [0.2, 0.25) is 0 Å². The van der Waals surface area contributed by atoms with Gasteiger partial charge in [-0.15, -0.1) is 10.2 Å². The highest BCUT2D eigenvalue weighted by atomic mass is 19.3. The number of hydrogen-bond donors (Lipinski definition) is 1. The van der Waals surface area contributed by atoms with Gasteiger partial charge in [0, 0.05) is 66.3 Å². The number of rotatable bonds is 4. The van der Waals surface area contributed by atoms with Gasteiger partial charge in [-0.25, -0.2) is 4.68 Å². The van der Waals surface area contributed by atoms with E-state index in [1.807, 2.05) is 6.07 Å². The fourth-order valence-electron chi connectivity index (χ4n) is 4.52. The van der Waals surface area contributed by atoms with Crippen LogP contribution < -0.4 is 4.90 Å². The largest absolute Gasteiger partial charge is 0.369 e. The van der Waals surface area contributed by atoms with E-state index in [-0.39, 0.29) is 0 Å². The number of anilines is 1. The molecule has 0 atom stereocenters. The maximum Gasteiger partial charge on any atom is 0.333 e. The fraction of sp³-hybridized carbons (Fsp3) is 0.348. The summed E-state index contributed by atoms with van der Waals surface area (Å²) in [5, 5.41) is 13.3. The van der Waals surface area contributed by atoms with E-state index in [2.05, 4.69) is 63.1 Å². The number of fused-ring (bicyclic) bond motifs is 1. The van der Waals surface area contributed by atoms with Crippen LogP contribution in [0.4, 0.5) is 14.5 Å². The molecule has 5 rings (SSSR count). The number of benzene rings is 1. The predicted molar refractivity (Wildman–Crippen MR) is 121 cm³/mol. The van der Waals surface area contributed by atoms with Crippen molar-refractivity contribution in [2.45, 2.75) is 20.4 Å². The van der Waals surface area contributed by atoms with E-state index in [4.69, 9.17) is 0 Å². The Bertz CT molecular complexity index is 1250. The summed E-state index contributed by atoms with van der Waals surface area (Å²) in [5.41, 5.74) is 7.42. The van der Waals surface area contributed by atoms with Gasteiger partial charge in [0.05, 0.1) is 11.9 Å². The molecule has 1 aliphatic heterocycles. The van der Waals surface area contributed by atoms with Crippen LogP contribution >= 0.6 is 0 Å². The number of aromatic nitrogens is 5. The standard InChI is InChI=1S/C23H25F2N7/c1-14-8-16(9-15(2)21(14)31-6-4-30(3)5-7-31)20-10-18-19(12-26-22(18)29-28-20)17-11-27-32(13-17)23(24)25/h8-13,23H,4-7H2,1-3H3,(H,26,29). The molecule has 7 nitrogen and oxygen atoms in total. The molecule has 1 saturated heterocycles. The summed E-state index contributed by atoms with van der Waals surface area (Å²) in [6, 6.07) is 6.26. The van der Waals surface area contributed by atoms with Gasteiger partial charge in [-0.05, 0) is 50.2 Å². The smallest absolute Gasteiger partial charge is 0.333 e. The third kappa shape index (κ3) is 3.62. The molecular formula is C23H25F2N7. The number of aryl methyl sites for hydroxylation is 2. The summed E-state index contributed by atoms with van der Waals surface area (Å²) in [4.78, 5) is 7.87. The lowest BCUT2D eigenvalue weighted by atomic mass is 10.00. The molecular weight excluding hydrogens is 412 g/mol. The Kier molecular flexibility index (Phi) is 5.13. The van der Waals surface area contributed by atoms with E-state index in [0.29, 0.717) is 15.9 Å². The van der Waals surface area contributed by atoms with Gasteiger partial charge in [0.2, 0.25) is 0 Å². The summed E-state index contributed by atoms with van der Waals surface area (Å²) in [7, 11) is 2.16. The number of nitrogens with zero attached hydrogens (tertiary/aromatic N) is 6. The Balaban J connectivity index is 1.52. The van der Waals surface area contributed by atoms with Gasteiger partial charge in [-0.3, -0.25) is 0 Å². The first-order valence-electron chi connectivity index (χ1n) is 10.6. The molecule has 0 radical (unpaired) electrons. The molecule has 1 N–H and O–H groups in total. The maximum absolute atomic E-state index is 12.9. The third-order valence-electron chi connectivity index (χ3n) is 6.16. The molecule has 3 aromatic heterocycles. The first-order valence-corrected chi connectivity index (χ1v) is 10.6. The molecule has 0 spiro atoms. The molecule has 0 aliphatic carbocycles. The molecule has 0 bridgehead atoms. The highest BCUT2D eigenvalue weighted by Crippen LogP contribution is 2.34. The number of halogens is 2. The first-order chi connectivity index (χ1) is 15.4. The quantitative estimate of drug-likeness (QED) is 0.517. The Morgan fingerprint density at radius 3 is 2.34 bits per heavy atom. The van der Waals surface area contributed by atoms with Gasteiger partial charge < -0.3 is 14.8 Å². The topological polar surface area (TPSA) is 65.9 Å². The van der Waals surface area contributed by atoms with Crippen molar-refractivity contribution in [3.63, 3.8) is 0 Å². The average Bonchev–Trinajstić information content (AvgIpc) is 3.41. The van der Waals surface area contributed by atoms with Crippen molar-refractivity contribution in [1.29, 1.82) is 0 Å². The molecule has 32 heavy (non-hydrogen) atoms. The van der Waals surface area contributed by atoms with Crippen molar-refractivity contribution in [3.05, 3.63) is 47.9 Å². The number of aromatic amines is 1. The number of piperazine rings is 1. The molecule has 9 heteroatoms. The Labute approximate surface area is 184 Å².